The van der Waals surface area contributed by atoms with Crippen LogP contribution < -0.4 is 10.5 Å². The van der Waals surface area contributed by atoms with Gasteiger partial charge in [0, 0.05) is 6.07 Å². The van der Waals surface area contributed by atoms with Crippen LogP contribution in [0.15, 0.2) is 36.4 Å². The normalized spacial score (nSPS) is 10.3. The van der Waals surface area contributed by atoms with Gasteiger partial charge in [-0.15, -0.1) is 0 Å². The molecular formula is C14H17N3O. The molecule has 0 aliphatic carbocycles. The van der Waals surface area contributed by atoms with Crippen LogP contribution in [0.4, 0.5) is 5.82 Å². The maximum absolute atomic E-state index is 5.62. The number of nitrogens with two attached hydrogens (primary N) is 1. The first-order valence-electron chi connectivity index (χ1n) is 6.02. The molecule has 1 aromatic carbocycles. The van der Waals surface area contributed by atoms with E-state index in [1.165, 1.54) is 5.56 Å². The number of benzene rings is 1. The van der Waals surface area contributed by atoms with Crippen molar-refractivity contribution in [2.45, 2.75) is 19.8 Å². The summed E-state index contributed by atoms with van der Waals surface area (Å²) >= 11 is 0. The van der Waals surface area contributed by atoms with Crippen LogP contribution in [-0.4, -0.2) is 16.6 Å². The lowest BCUT2D eigenvalue weighted by Gasteiger charge is -2.06. The number of nitrogen functional groups attached to an aromatic ring is 1. The fourth-order valence-corrected chi connectivity index (χ4v) is 1.73. The number of hydrogen-bond acceptors (Lipinski definition) is 4. The average molecular weight is 243 g/mol. The van der Waals surface area contributed by atoms with Crippen LogP contribution in [0.3, 0.4) is 0 Å². The third-order valence-electron chi connectivity index (χ3n) is 2.54. The molecule has 4 heteroatoms. The molecular weight excluding hydrogens is 226 g/mol. The quantitative estimate of drug-likeness (QED) is 0.819. The standard InChI is InChI=1S/C14H17N3O/c1-11-16-13(15)10-14(17-11)18-9-5-8-12-6-3-2-4-7-12/h2-4,6-7,10H,5,8-9H2,1H3,(H2,15,16,17). The highest BCUT2D eigenvalue weighted by molar-refractivity contribution is 5.32. The Labute approximate surface area is 107 Å². The Balaban J connectivity index is 1.78. The lowest BCUT2D eigenvalue weighted by Crippen LogP contribution is -2.03. The zero-order valence-electron chi connectivity index (χ0n) is 10.5. The first kappa shape index (κ1) is 12.4. The van der Waals surface area contributed by atoms with Crippen molar-refractivity contribution in [3.8, 4) is 5.88 Å². The van der Waals surface area contributed by atoms with E-state index in [2.05, 4.69) is 22.1 Å². The van der Waals surface area contributed by atoms with Crippen molar-refractivity contribution in [2.75, 3.05) is 12.3 Å². The molecule has 94 valence electrons. The molecule has 0 amide bonds. The molecule has 2 rings (SSSR count). The Morgan fingerprint density at radius 3 is 2.67 bits per heavy atom. The van der Waals surface area contributed by atoms with Gasteiger partial charge in [0.25, 0.3) is 0 Å². The van der Waals surface area contributed by atoms with Gasteiger partial charge in [0.05, 0.1) is 6.61 Å². The minimum atomic E-state index is 0.445. The van der Waals surface area contributed by atoms with Crippen LogP contribution in [0.1, 0.15) is 17.8 Å². The molecule has 0 bridgehead atoms. The van der Waals surface area contributed by atoms with Crippen molar-refractivity contribution in [2.24, 2.45) is 0 Å². The highest BCUT2D eigenvalue weighted by Gasteiger charge is 2.00. The first-order valence-corrected chi connectivity index (χ1v) is 6.02. The number of ether oxygens (including phenoxy) is 1. The Hall–Kier alpha value is -2.10. The number of anilines is 1. The summed E-state index contributed by atoms with van der Waals surface area (Å²) in [5.41, 5.74) is 6.94. The molecule has 2 N–H and O–H groups in total. The van der Waals surface area contributed by atoms with E-state index in [0.29, 0.717) is 24.1 Å². The number of nitrogens with zero attached hydrogens (tertiary/aromatic N) is 2. The van der Waals surface area contributed by atoms with Crippen molar-refractivity contribution in [3.63, 3.8) is 0 Å². The molecule has 4 nitrogen and oxygen atoms in total. The van der Waals surface area contributed by atoms with Crippen molar-refractivity contribution in [3.05, 3.63) is 47.8 Å². The Morgan fingerprint density at radius 2 is 1.94 bits per heavy atom. The summed E-state index contributed by atoms with van der Waals surface area (Å²) in [6, 6.07) is 12.0. The van der Waals surface area contributed by atoms with Gasteiger partial charge in [0.15, 0.2) is 0 Å². The monoisotopic (exact) mass is 243 g/mol. The SMILES string of the molecule is Cc1nc(N)cc(OCCCc2ccccc2)n1. The second-order valence-corrected chi connectivity index (χ2v) is 4.12. The molecule has 18 heavy (non-hydrogen) atoms. The Bertz CT molecular complexity index is 479. The zero-order valence-corrected chi connectivity index (χ0v) is 10.5. The maximum Gasteiger partial charge on any atom is 0.218 e. The van der Waals surface area contributed by atoms with Crippen LogP contribution in [0, 0.1) is 6.92 Å². The van der Waals surface area contributed by atoms with E-state index in [1.807, 2.05) is 18.2 Å². The lowest BCUT2D eigenvalue weighted by molar-refractivity contribution is 0.298. The highest BCUT2D eigenvalue weighted by Crippen LogP contribution is 2.11. The second kappa shape index (κ2) is 6.00. The number of aryl methyl sites for hydroxylation is 2. The molecule has 0 spiro atoms. The zero-order chi connectivity index (χ0) is 12.8. The summed E-state index contributed by atoms with van der Waals surface area (Å²) in [5.74, 6) is 1.63. The summed E-state index contributed by atoms with van der Waals surface area (Å²) in [4.78, 5) is 8.16. The predicted molar refractivity (Wildman–Crippen MR) is 71.4 cm³/mol. The smallest absolute Gasteiger partial charge is 0.218 e. The van der Waals surface area contributed by atoms with Crippen molar-refractivity contribution in [1.29, 1.82) is 0 Å². The van der Waals surface area contributed by atoms with Gasteiger partial charge in [-0.1, -0.05) is 30.3 Å². The Morgan fingerprint density at radius 1 is 1.17 bits per heavy atom. The van der Waals surface area contributed by atoms with E-state index >= 15 is 0 Å². The van der Waals surface area contributed by atoms with Gasteiger partial charge in [-0.2, -0.15) is 4.98 Å². The first-order chi connectivity index (χ1) is 8.74. The number of rotatable bonds is 5. The van der Waals surface area contributed by atoms with Crippen LogP contribution in [0.25, 0.3) is 0 Å². The average Bonchev–Trinajstić information content (AvgIpc) is 2.35. The topological polar surface area (TPSA) is 61.0 Å². The predicted octanol–water partition coefficient (Wildman–Crippen LogP) is 2.38. The highest BCUT2D eigenvalue weighted by atomic mass is 16.5. The number of aromatic nitrogens is 2. The van der Waals surface area contributed by atoms with Gasteiger partial charge in [0.2, 0.25) is 5.88 Å². The van der Waals surface area contributed by atoms with E-state index in [0.717, 1.165) is 12.8 Å². The minimum Gasteiger partial charge on any atom is -0.478 e. The van der Waals surface area contributed by atoms with Gasteiger partial charge in [-0.3, -0.25) is 0 Å². The molecule has 0 saturated heterocycles. The second-order valence-electron chi connectivity index (χ2n) is 4.12. The fourth-order valence-electron chi connectivity index (χ4n) is 1.73. The molecule has 2 aromatic rings. The van der Waals surface area contributed by atoms with E-state index in [1.54, 1.807) is 13.0 Å². The van der Waals surface area contributed by atoms with Gasteiger partial charge in [-0.05, 0) is 25.3 Å². The van der Waals surface area contributed by atoms with Crippen LogP contribution in [0.2, 0.25) is 0 Å². The molecule has 0 atom stereocenters. The molecule has 1 heterocycles. The fraction of sp³-hybridized carbons (Fsp3) is 0.286. The summed E-state index contributed by atoms with van der Waals surface area (Å²) in [6.45, 7) is 2.43. The molecule has 1 aromatic heterocycles. The molecule has 0 aliphatic heterocycles. The molecule has 0 aliphatic rings. The minimum absolute atomic E-state index is 0.445. The van der Waals surface area contributed by atoms with Crippen molar-refractivity contribution >= 4 is 5.82 Å². The van der Waals surface area contributed by atoms with E-state index in [9.17, 15) is 0 Å². The van der Waals surface area contributed by atoms with Crippen LogP contribution in [-0.2, 0) is 6.42 Å². The van der Waals surface area contributed by atoms with Gasteiger partial charge >= 0.3 is 0 Å². The largest absolute Gasteiger partial charge is 0.478 e. The van der Waals surface area contributed by atoms with Crippen molar-refractivity contribution < 1.29 is 4.74 Å². The summed E-state index contributed by atoms with van der Waals surface area (Å²) < 4.78 is 5.56. The molecule has 0 radical (unpaired) electrons. The molecule has 0 fully saturated rings. The summed E-state index contributed by atoms with van der Waals surface area (Å²) in [7, 11) is 0. The van der Waals surface area contributed by atoms with Crippen LogP contribution >= 0.6 is 0 Å². The third kappa shape index (κ3) is 3.73. The van der Waals surface area contributed by atoms with Gasteiger partial charge in [0.1, 0.15) is 11.6 Å². The van der Waals surface area contributed by atoms with E-state index in [-0.39, 0.29) is 0 Å². The summed E-state index contributed by atoms with van der Waals surface area (Å²) in [6.07, 6.45) is 1.95. The van der Waals surface area contributed by atoms with E-state index < -0.39 is 0 Å². The third-order valence-corrected chi connectivity index (χ3v) is 2.54. The van der Waals surface area contributed by atoms with Crippen LogP contribution in [0.5, 0.6) is 5.88 Å². The van der Waals surface area contributed by atoms with Gasteiger partial charge < -0.3 is 10.5 Å². The Kier molecular flexibility index (Phi) is 4.12. The van der Waals surface area contributed by atoms with E-state index in [4.69, 9.17) is 10.5 Å². The lowest BCUT2D eigenvalue weighted by atomic mass is 10.1. The van der Waals surface area contributed by atoms with Gasteiger partial charge in [-0.25, -0.2) is 4.98 Å². The molecule has 0 unspecified atom stereocenters. The molecule has 0 saturated carbocycles. The maximum atomic E-state index is 5.62. The van der Waals surface area contributed by atoms with Crippen molar-refractivity contribution in [1.82, 2.24) is 9.97 Å². The summed E-state index contributed by atoms with van der Waals surface area (Å²) in [5, 5.41) is 0. The number of hydrogen-bond donors (Lipinski definition) is 1.